The number of ether oxygens (including phenoxy) is 1. The summed E-state index contributed by atoms with van der Waals surface area (Å²) in [6.45, 7) is 7.70. The van der Waals surface area contributed by atoms with Crippen LogP contribution in [-0.2, 0) is 9.53 Å². The number of nitrogens with one attached hydrogen (secondary N) is 1. The molecule has 1 N–H and O–H groups in total. The third kappa shape index (κ3) is 3.65. The van der Waals surface area contributed by atoms with Gasteiger partial charge in [-0.3, -0.25) is 9.59 Å². The summed E-state index contributed by atoms with van der Waals surface area (Å²) in [5.74, 6) is -0.155. The van der Waals surface area contributed by atoms with Gasteiger partial charge in [0.2, 0.25) is 0 Å². The third-order valence-corrected chi connectivity index (χ3v) is 5.20. The van der Waals surface area contributed by atoms with Crippen LogP contribution in [0.2, 0.25) is 0 Å². The number of hydrogen-bond acceptors (Lipinski definition) is 6. The van der Waals surface area contributed by atoms with Gasteiger partial charge in [0.05, 0.1) is 17.2 Å². The number of thiophene rings is 1. The molecular formula is C14H18N2O3S2. The molecule has 1 unspecified atom stereocenters. The Morgan fingerprint density at radius 2 is 2.19 bits per heavy atom. The molecule has 1 atom stereocenters. The van der Waals surface area contributed by atoms with E-state index in [4.69, 9.17) is 4.74 Å². The molecule has 0 bridgehead atoms. The van der Waals surface area contributed by atoms with E-state index in [1.807, 2.05) is 27.7 Å². The number of aromatic amines is 1. The fourth-order valence-corrected chi connectivity index (χ4v) is 3.50. The average Bonchev–Trinajstić information content (AvgIpc) is 2.72. The van der Waals surface area contributed by atoms with E-state index in [1.54, 1.807) is 0 Å². The predicted molar refractivity (Wildman–Crippen MR) is 86.3 cm³/mol. The molecule has 2 aromatic rings. The van der Waals surface area contributed by atoms with Crippen molar-refractivity contribution in [1.29, 1.82) is 0 Å². The Hall–Kier alpha value is -1.34. The number of hydrogen-bond donors (Lipinski definition) is 1. The molecular weight excluding hydrogens is 308 g/mol. The highest BCUT2D eigenvalue weighted by atomic mass is 32.2. The van der Waals surface area contributed by atoms with Gasteiger partial charge in [0, 0.05) is 4.88 Å². The number of aryl methyl sites for hydroxylation is 2. The van der Waals surface area contributed by atoms with Crippen LogP contribution in [0, 0.1) is 13.8 Å². The summed E-state index contributed by atoms with van der Waals surface area (Å²) in [4.78, 5) is 32.6. The van der Waals surface area contributed by atoms with Gasteiger partial charge in [-0.2, -0.15) is 0 Å². The average molecular weight is 326 g/mol. The topological polar surface area (TPSA) is 72.0 Å². The van der Waals surface area contributed by atoms with Crippen LogP contribution in [-0.4, -0.2) is 27.8 Å². The molecule has 0 fully saturated rings. The van der Waals surface area contributed by atoms with E-state index in [-0.39, 0.29) is 23.4 Å². The maximum atomic E-state index is 12.1. The van der Waals surface area contributed by atoms with Crippen molar-refractivity contribution in [3.8, 4) is 0 Å². The van der Waals surface area contributed by atoms with Crippen LogP contribution in [0.4, 0.5) is 0 Å². The number of carbonyl (C=O) groups excluding carboxylic acids is 1. The Morgan fingerprint density at radius 3 is 2.86 bits per heavy atom. The Labute approximate surface area is 131 Å². The number of thioether (sulfide) groups is 1. The Morgan fingerprint density at radius 1 is 1.48 bits per heavy atom. The standard InChI is InChI=1S/C14H18N2O3S2/c1-5-7(2)19-10(17)6-20-14-15-12(18)11-8(3)9(4)21-13(11)16-14/h7H,5-6H2,1-4H3,(H,15,16,18). The molecule has 0 saturated carbocycles. The molecule has 21 heavy (non-hydrogen) atoms. The molecule has 0 saturated heterocycles. The van der Waals surface area contributed by atoms with E-state index in [1.165, 1.54) is 23.1 Å². The highest BCUT2D eigenvalue weighted by Gasteiger charge is 2.14. The monoisotopic (exact) mass is 326 g/mol. The lowest BCUT2D eigenvalue weighted by Gasteiger charge is -2.09. The maximum absolute atomic E-state index is 12.1. The van der Waals surface area contributed by atoms with Crippen molar-refractivity contribution in [2.24, 2.45) is 0 Å². The second-order valence-electron chi connectivity index (χ2n) is 4.83. The zero-order chi connectivity index (χ0) is 15.6. The van der Waals surface area contributed by atoms with E-state index in [0.29, 0.717) is 15.4 Å². The van der Waals surface area contributed by atoms with E-state index >= 15 is 0 Å². The lowest BCUT2D eigenvalue weighted by molar-refractivity contribution is -0.144. The number of aromatic nitrogens is 2. The first-order valence-corrected chi connectivity index (χ1v) is 8.54. The van der Waals surface area contributed by atoms with Gasteiger partial charge in [-0.1, -0.05) is 18.7 Å². The number of H-pyrrole nitrogens is 1. The molecule has 0 spiro atoms. The smallest absolute Gasteiger partial charge is 0.316 e. The van der Waals surface area contributed by atoms with Crippen molar-refractivity contribution in [3.05, 3.63) is 20.8 Å². The maximum Gasteiger partial charge on any atom is 0.316 e. The van der Waals surface area contributed by atoms with Crippen molar-refractivity contribution in [3.63, 3.8) is 0 Å². The fourth-order valence-electron chi connectivity index (χ4n) is 1.77. The normalized spacial score (nSPS) is 12.6. The molecule has 0 radical (unpaired) electrons. The molecule has 0 amide bonds. The van der Waals surface area contributed by atoms with Crippen LogP contribution in [0.5, 0.6) is 0 Å². The number of rotatable bonds is 5. The van der Waals surface area contributed by atoms with Crippen molar-refractivity contribution < 1.29 is 9.53 Å². The highest BCUT2D eigenvalue weighted by Crippen LogP contribution is 2.27. The fraction of sp³-hybridized carbons (Fsp3) is 0.500. The second-order valence-corrected chi connectivity index (χ2v) is 7.00. The van der Waals surface area contributed by atoms with Gasteiger partial charge in [0.1, 0.15) is 4.83 Å². The summed E-state index contributed by atoms with van der Waals surface area (Å²) >= 11 is 2.69. The van der Waals surface area contributed by atoms with Gasteiger partial charge >= 0.3 is 5.97 Å². The molecule has 5 nitrogen and oxygen atoms in total. The third-order valence-electron chi connectivity index (χ3n) is 3.25. The zero-order valence-electron chi connectivity index (χ0n) is 12.5. The molecule has 0 aliphatic heterocycles. The molecule has 7 heteroatoms. The van der Waals surface area contributed by atoms with Crippen LogP contribution >= 0.6 is 23.1 Å². The number of nitrogens with zero attached hydrogens (tertiary/aromatic N) is 1. The van der Waals surface area contributed by atoms with Gasteiger partial charge in [-0.05, 0) is 32.8 Å². The quantitative estimate of drug-likeness (QED) is 0.519. The first kappa shape index (κ1) is 16.0. The van der Waals surface area contributed by atoms with Gasteiger partial charge in [0.25, 0.3) is 5.56 Å². The minimum Gasteiger partial charge on any atom is -0.462 e. The molecule has 2 rings (SSSR count). The second kappa shape index (κ2) is 6.62. The van der Waals surface area contributed by atoms with Crippen LogP contribution < -0.4 is 5.56 Å². The van der Waals surface area contributed by atoms with E-state index in [0.717, 1.165) is 16.9 Å². The number of esters is 1. The Balaban J connectivity index is 2.13. The lowest BCUT2D eigenvalue weighted by atomic mass is 10.2. The zero-order valence-corrected chi connectivity index (χ0v) is 14.1. The first-order chi connectivity index (χ1) is 9.92. The summed E-state index contributed by atoms with van der Waals surface area (Å²) in [6, 6.07) is 0. The number of carbonyl (C=O) groups is 1. The Bertz CT molecular complexity index is 721. The molecule has 0 aliphatic rings. The SMILES string of the molecule is CCC(C)OC(=O)CSc1nc2sc(C)c(C)c2c(=O)[nH]1. The highest BCUT2D eigenvalue weighted by molar-refractivity contribution is 7.99. The van der Waals surface area contributed by atoms with Crippen molar-refractivity contribution in [2.45, 2.75) is 45.4 Å². The van der Waals surface area contributed by atoms with Crippen LogP contribution in [0.15, 0.2) is 9.95 Å². The Kier molecular flexibility index (Phi) is 5.05. The van der Waals surface area contributed by atoms with Gasteiger partial charge in [0.15, 0.2) is 5.16 Å². The van der Waals surface area contributed by atoms with Crippen molar-refractivity contribution >= 4 is 39.3 Å². The van der Waals surface area contributed by atoms with Gasteiger partial charge in [-0.25, -0.2) is 4.98 Å². The molecule has 114 valence electrons. The predicted octanol–water partition coefficient (Wildman–Crippen LogP) is 3.04. The number of fused-ring (bicyclic) bond motifs is 1. The molecule has 2 heterocycles. The molecule has 0 aromatic carbocycles. The van der Waals surface area contributed by atoms with Gasteiger partial charge in [-0.15, -0.1) is 11.3 Å². The van der Waals surface area contributed by atoms with Crippen LogP contribution in [0.3, 0.4) is 0 Å². The summed E-state index contributed by atoms with van der Waals surface area (Å²) in [7, 11) is 0. The van der Waals surface area contributed by atoms with Crippen LogP contribution in [0.25, 0.3) is 10.2 Å². The van der Waals surface area contributed by atoms with E-state index < -0.39 is 0 Å². The van der Waals surface area contributed by atoms with Crippen LogP contribution in [0.1, 0.15) is 30.7 Å². The lowest BCUT2D eigenvalue weighted by Crippen LogP contribution is -2.16. The van der Waals surface area contributed by atoms with Crippen molar-refractivity contribution in [1.82, 2.24) is 9.97 Å². The summed E-state index contributed by atoms with van der Waals surface area (Å²) in [5.41, 5.74) is 0.816. The molecule has 2 aromatic heterocycles. The van der Waals surface area contributed by atoms with Crippen molar-refractivity contribution in [2.75, 3.05) is 5.75 Å². The summed E-state index contributed by atoms with van der Waals surface area (Å²) < 4.78 is 5.19. The summed E-state index contributed by atoms with van der Waals surface area (Å²) in [6.07, 6.45) is 0.695. The molecule has 0 aliphatic carbocycles. The largest absolute Gasteiger partial charge is 0.462 e. The minimum atomic E-state index is -0.296. The minimum absolute atomic E-state index is 0.0878. The van der Waals surface area contributed by atoms with E-state index in [9.17, 15) is 9.59 Å². The summed E-state index contributed by atoms with van der Waals surface area (Å²) in [5, 5.41) is 1.10. The first-order valence-electron chi connectivity index (χ1n) is 6.74. The van der Waals surface area contributed by atoms with E-state index in [2.05, 4.69) is 9.97 Å². The van der Waals surface area contributed by atoms with Gasteiger partial charge < -0.3 is 9.72 Å².